The predicted octanol–water partition coefficient (Wildman–Crippen LogP) is 7.96. The molecule has 1 aromatic rings. The van der Waals surface area contributed by atoms with E-state index in [0.717, 1.165) is 0 Å². The molecule has 1 fully saturated rings. The zero-order chi connectivity index (χ0) is 19.3. The van der Waals surface area contributed by atoms with Crippen LogP contribution in [0.4, 0.5) is 0 Å². The van der Waals surface area contributed by atoms with Crippen molar-refractivity contribution in [2.24, 2.45) is 11.8 Å². The molecule has 0 N–H and O–H groups in total. The normalized spacial score (nSPS) is 23.5. The first-order valence-electron chi connectivity index (χ1n) is 9.39. The van der Waals surface area contributed by atoms with Crippen molar-refractivity contribution in [2.75, 3.05) is 0 Å². The van der Waals surface area contributed by atoms with E-state index in [9.17, 15) is 5.16 Å². The van der Waals surface area contributed by atoms with Gasteiger partial charge in [0.2, 0.25) is 0 Å². The third-order valence-electron chi connectivity index (χ3n) is 5.87. The van der Waals surface area contributed by atoms with Gasteiger partial charge in [0.25, 0.3) is 0 Å². The van der Waals surface area contributed by atoms with Crippen molar-refractivity contribution in [2.45, 2.75) is 57.8 Å². The van der Waals surface area contributed by atoms with E-state index in [1.165, 1.54) is 23.7 Å². The fraction of sp³-hybridized carbons (Fsp3) is 0.500. The summed E-state index contributed by atoms with van der Waals surface area (Å²) in [4.78, 5) is 0. The molecule has 2 aliphatic carbocycles. The molecule has 0 radical (unpaired) electrons. The van der Waals surface area contributed by atoms with Crippen LogP contribution in [-0.2, 0) is 17.0 Å². The molecule has 0 saturated heterocycles. The number of nitrogens with zero attached hydrogens (tertiary/aromatic N) is 1. The standard InChI is InChI=1S/C21H29NP.CH3.2ClH.Ti/c1-15(2)23(22,16(3)4)21-12-8-7-11-20(21)19-14-13-17-9-5-6-10-18(17)19;;;;/h5-12,15-19H,13-14H2,1-4H3;1H3;2*1H;/q2*-1;;;+2/p-2. The summed E-state index contributed by atoms with van der Waals surface area (Å²) in [5.74, 6) is 1.85. The van der Waals surface area contributed by atoms with E-state index in [4.69, 9.17) is 18.6 Å². The van der Waals surface area contributed by atoms with Gasteiger partial charge in [0.1, 0.15) is 0 Å². The van der Waals surface area contributed by atoms with Crippen LogP contribution in [0.25, 0.3) is 5.16 Å². The summed E-state index contributed by atoms with van der Waals surface area (Å²) < 4.78 is 0. The van der Waals surface area contributed by atoms with E-state index in [1.807, 2.05) is 0 Å². The Hall–Kier alpha value is 0.224. The molecule has 1 saturated carbocycles. The molecule has 0 aliphatic heterocycles. The number of benzene rings is 1. The molecule has 150 valence electrons. The van der Waals surface area contributed by atoms with Gasteiger partial charge in [-0.25, -0.2) is 0 Å². The summed E-state index contributed by atoms with van der Waals surface area (Å²) in [6.07, 6.45) is 11.7. The Morgan fingerprint density at radius 1 is 1.00 bits per heavy atom. The van der Waals surface area contributed by atoms with Gasteiger partial charge in [0.15, 0.2) is 0 Å². The van der Waals surface area contributed by atoms with E-state index in [1.54, 1.807) is 0 Å². The molecule has 3 rings (SSSR count). The first-order chi connectivity index (χ1) is 12.4. The molecule has 0 bridgehead atoms. The Morgan fingerprint density at radius 3 is 2.15 bits per heavy atom. The van der Waals surface area contributed by atoms with E-state index in [-0.39, 0.29) is 7.43 Å². The quantitative estimate of drug-likeness (QED) is 0.247. The first kappa shape index (κ1) is 25.3. The van der Waals surface area contributed by atoms with Crippen LogP contribution in [0.1, 0.15) is 52.0 Å². The van der Waals surface area contributed by atoms with Crippen LogP contribution in [-0.4, -0.2) is 11.3 Å². The molecular formula is C22H32Cl2NPTi-2. The molecule has 1 aromatic carbocycles. The molecular weight excluding hydrogens is 428 g/mol. The topological polar surface area (TPSA) is 22.3 Å². The number of allylic oxidation sites excluding steroid dienone is 4. The summed E-state index contributed by atoms with van der Waals surface area (Å²) >= 11 is -0.556. The maximum atomic E-state index is 11.7. The summed E-state index contributed by atoms with van der Waals surface area (Å²) in [6, 6.07) is 8.75. The SMILES string of the molecule is CC(C)P(=[N-])(c1ccccc1C1CCC2C=CC=CC21)C(C)C.[CH3-].[Cl][Ti][Cl]. The van der Waals surface area contributed by atoms with Crippen LogP contribution in [0.3, 0.4) is 0 Å². The molecule has 1 nitrogen and oxygen atoms in total. The summed E-state index contributed by atoms with van der Waals surface area (Å²) in [6.45, 7) is 8.74. The van der Waals surface area contributed by atoms with Crippen molar-refractivity contribution in [3.8, 4) is 0 Å². The zero-order valence-electron chi connectivity index (χ0n) is 17.1. The average Bonchev–Trinajstić information content (AvgIpc) is 3.05. The Kier molecular flexibility index (Phi) is 10.7. The number of hydrogen-bond acceptors (Lipinski definition) is 0. The molecule has 2 aliphatic rings. The van der Waals surface area contributed by atoms with E-state index < -0.39 is 24.1 Å². The van der Waals surface area contributed by atoms with E-state index in [2.05, 4.69) is 76.3 Å². The Morgan fingerprint density at radius 2 is 1.56 bits per heavy atom. The molecule has 3 atom stereocenters. The van der Waals surface area contributed by atoms with Gasteiger partial charge in [-0.2, -0.15) is 7.05 Å². The molecule has 5 heteroatoms. The first-order valence-corrected chi connectivity index (χ1v) is 15.6. The van der Waals surface area contributed by atoms with Gasteiger partial charge >= 0.3 is 35.6 Å². The fourth-order valence-corrected chi connectivity index (χ4v) is 7.88. The number of hydrogen-bond donors (Lipinski definition) is 0. The van der Waals surface area contributed by atoms with Gasteiger partial charge in [-0.15, -0.1) is 0 Å². The predicted molar refractivity (Wildman–Crippen MR) is 122 cm³/mol. The van der Waals surface area contributed by atoms with Crippen LogP contribution < -0.4 is 5.30 Å². The molecule has 0 spiro atoms. The third-order valence-corrected chi connectivity index (χ3v) is 10.2. The van der Waals surface area contributed by atoms with Gasteiger partial charge in [0.05, 0.1) is 0 Å². The zero-order valence-corrected chi connectivity index (χ0v) is 21.0. The monoisotopic (exact) mass is 459 g/mol. The van der Waals surface area contributed by atoms with Crippen LogP contribution in [0.15, 0.2) is 48.6 Å². The van der Waals surface area contributed by atoms with Crippen molar-refractivity contribution in [1.29, 1.82) is 0 Å². The number of halogens is 2. The van der Waals surface area contributed by atoms with E-state index in [0.29, 0.717) is 29.1 Å². The van der Waals surface area contributed by atoms with Crippen LogP contribution >= 0.6 is 25.7 Å². The van der Waals surface area contributed by atoms with Gasteiger partial charge in [0, 0.05) is 0 Å². The van der Waals surface area contributed by atoms with E-state index >= 15 is 0 Å². The van der Waals surface area contributed by atoms with Gasteiger partial charge in [-0.05, 0) is 52.8 Å². The fourth-order valence-electron chi connectivity index (χ4n) is 4.60. The second-order valence-corrected chi connectivity index (χ2v) is 14.4. The summed E-state index contributed by atoms with van der Waals surface area (Å²) in [5.41, 5.74) is 2.03. The molecule has 0 aromatic heterocycles. The second-order valence-electron chi connectivity index (χ2n) is 7.75. The Labute approximate surface area is 183 Å². The van der Waals surface area contributed by atoms with Gasteiger partial charge < -0.3 is 12.6 Å². The van der Waals surface area contributed by atoms with Crippen LogP contribution in [0.2, 0.25) is 0 Å². The molecule has 0 amide bonds. The van der Waals surface area contributed by atoms with Crippen molar-refractivity contribution >= 4 is 31.0 Å². The van der Waals surface area contributed by atoms with Crippen molar-refractivity contribution < 1.29 is 17.0 Å². The van der Waals surface area contributed by atoms with Crippen molar-refractivity contribution in [3.05, 3.63) is 66.7 Å². The van der Waals surface area contributed by atoms with Crippen molar-refractivity contribution in [3.63, 3.8) is 0 Å². The van der Waals surface area contributed by atoms with Gasteiger partial charge in [-0.1, -0.05) is 76.3 Å². The minimum atomic E-state index is -2.14. The van der Waals surface area contributed by atoms with Gasteiger partial charge in [-0.3, -0.25) is 0 Å². The third kappa shape index (κ3) is 5.43. The molecule has 3 unspecified atom stereocenters. The summed E-state index contributed by atoms with van der Waals surface area (Å²) in [7, 11) is 7.63. The average molecular weight is 460 g/mol. The minimum absolute atomic E-state index is 0. The number of rotatable bonds is 4. The van der Waals surface area contributed by atoms with Crippen LogP contribution in [0, 0.1) is 19.3 Å². The van der Waals surface area contributed by atoms with Crippen LogP contribution in [0.5, 0.6) is 0 Å². The Bertz CT molecular complexity index is 687. The Balaban J connectivity index is 0.000000855. The summed E-state index contributed by atoms with van der Waals surface area (Å²) in [5, 5.41) is 12.9. The van der Waals surface area contributed by atoms with Crippen molar-refractivity contribution in [1.82, 2.24) is 0 Å². The molecule has 0 heterocycles. The maximum absolute atomic E-state index is 11.7. The number of fused-ring (bicyclic) bond motifs is 1. The molecule has 27 heavy (non-hydrogen) atoms. The second kappa shape index (κ2) is 11.4.